The quantitative estimate of drug-likeness (QED) is 0.692. The van der Waals surface area contributed by atoms with E-state index in [2.05, 4.69) is 28.4 Å². The van der Waals surface area contributed by atoms with Gasteiger partial charge in [-0.1, -0.05) is 29.8 Å². The SMILES string of the molecule is O=[S@]1CCCc2nc(N3CC4CC3C=C4c3ccc(Cl)cc3)nc(NC3(CO)CCC3)c21. The molecule has 2 N–H and O–H groups in total. The highest BCUT2D eigenvalue weighted by atomic mass is 35.5. The second-order valence-corrected chi connectivity index (χ2v) is 11.4. The molecule has 6 nitrogen and oxygen atoms in total. The Morgan fingerprint density at radius 3 is 2.69 bits per heavy atom. The van der Waals surface area contributed by atoms with Gasteiger partial charge >= 0.3 is 0 Å². The molecular weight excluding hydrogens is 444 g/mol. The Hall–Kier alpha value is -1.96. The monoisotopic (exact) mass is 470 g/mol. The number of nitrogens with one attached hydrogen (secondary N) is 1. The molecule has 0 radical (unpaired) electrons. The van der Waals surface area contributed by atoms with Gasteiger partial charge in [0.1, 0.15) is 10.7 Å². The largest absolute Gasteiger partial charge is 0.394 e. The molecule has 168 valence electrons. The summed E-state index contributed by atoms with van der Waals surface area (Å²) in [6.07, 6.45) is 8.02. The van der Waals surface area contributed by atoms with Crippen LogP contribution in [0.25, 0.3) is 5.57 Å². The summed E-state index contributed by atoms with van der Waals surface area (Å²) >= 11 is 6.07. The van der Waals surface area contributed by atoms with Crippen molar-refractivity contribution in [1.82, 2.24) is 9.97 Å². The molecule has 2 aromatic rings. The number of rotatable bonds is 5. The number of aromatic nitrogens is 2. The molecule has 1 aromatic heterocycles. The van der Waals surface area contributed by atoms with Crippen LogP contribution in [0.2, 0.25) is 5.02 Å². The van der Waals surface area contributed by atoms with Gasteiger partial charge in [0, 0.05) is 23.2 Å². The van der Waals surface area contributed by atoms with Crippen molar-refractivity contribution in [1.29, 1.82) is 0 Å². The summed E-state index contributed by atoms with van der Waals surface area (Å²) in [4.78, 5) is 12.9. The number of hydrogen-bond donors (Lipinski definition) is 2. The molecule has 0 spiro atoms. The third-order valence-corrected chi connectivity index (χ3v) is 9.28. The predicted octanol–water partition coefficient (Wildman–Crippen LogP) is 3.80. The smallest absolute Gasteiger partial charge is 0.228 e. The Kier molecular flexibility index (Phi) is 5.04. The maximum absolute atomic E-state index is 12.9. The van der Waals surface area contributed by atoms with Crippen LogP contribution < -0.4 is 10.2 Å². The second kappa shape index (κ2) is 7.82. The van der Waals surface area contributed by atoms with Crippen molar-refractivity contribution in [3.63, 3.8) is 0 Å². The highest BCUT2D eigenvalue weighted by molar-refractivity contribution is 7.85. The summed E-state index contributed by atoms with van der Waals surface area (Å²) in [5.74, 6) is 2.48. The van der Waals surface area contributed by atoms with E-state index in [9.17, 15) is 9.32 Å². The van der Waals surface area contributed by atoms with Crippen molar-refractivity contribution < 1.29 is 9.32 Å². The van der Waals surface area contributed by atoms with E-state index in [1.807, 2.05) is 12.1 Å². The number of fused-ring (bicyclic) bond motifs is 3. The number of aliphatic hydroxyl groups excluding tert-OH is 1. The lowest BCUT2D eigenvalue weighted by atomic mass is 9.77. The Morgan fingerprint density at radius 1 is 1.22 bits per heavy atom. The minimum atomic E-state index is -1.10. The lowest BCUT2D eigenvalue weighted by Crippen LogP contribution is -2.49. The van der Waals surface area contributed by atoms with Gasteiger partial charge in [-0.3, -0.25) is 4.21 Å². The maximum Gasteiger partial charge on any atom is 0.228 e. The van der Waals surface area contributed by atoms with Crippen LogP contribution in [0.4, 0.5) is 11.8 Å². The highest BCUT2D eigenvalue weighted by Gasteiger charge is 2.42. The fraction of sp³-hybridized carbons (Fsp3) is 0.500. The number of benzene rings is 1. The molecular formula is C24H27ClN4O2S. The number of halogens is 1. The van der Waals surface area contributed by atoms with E-state index < -0.39 is 10.8 Å². The Bertz CT molecular complexity index is 1110. The molecule has 1 aromatic carbocycles. The Morgan fingerprint density at radius 2 is 2.03 bits per heavy atom. The summed E-state index contributed by atoms with van der Waals surface area (Å²) in [5, 5.41) is 14.2. The van der Waals surface area contributed by atoms with Crippen molar-refractivity contribution in [3.05, 3.63) is 46.6 Å². The molecule has 2 unspecified atom stereocenters. The first kappa shape index (κ1) is 20.6. The van der Waals surface area contributed by atoms with Gasteiger partial charge in [-0.15, -0.1) is 0 Å². The van der Waals surface area contributed by atoms with E-state index in [-0.39, 0.29) is 18.2 Å². The maximum atomic E-state index is 12.9. The summed E-state index contributed by atoms with van der Waals surface area (Å²) in [6.45, 7) is 0.945. The van der Waals surface area contributed by atoms with Gasteiger partial charge < -0.3 is 15.3 Å². The lowest BCUT2D eigenvalue weighted by molar-refractivity contribution is 0.143. The molecule has 3 atom stereocenters. The van der Waals surface area contributed by atoms with Crippen LogP contribution in [0.3, 0.4) is 0 Å². The van der Waals surface area contributed by atoms with Crippen LogP contribution in [-0.4, -0.2) is 49.8 Å². The van der Waals surface area contributed by atoms with Gasteiger partial charge in [-0.2, -0.15) is 4.98 Å². The van der Waals surface area contributed by atoms with Crippen LogP contribution >= 0.6 is 11.6 Å². The van der Waals surface area contributed by atoms with E-state index in [4.69, 9.17) is 21.6 Å². The minimum Gasteiger partial charge on any atom is -0.394 e. The van der Waals surface area contributed by atoms with Gasteiger partial charge in [-0.05, 0) is 61.8 Å². The van der Waals surface area contributed by atoms with Crippen molar-refractivity contribution in [2.45, 2.75) is 55.0 Å². The first-order chi connectivity index (χ1) is 15.5. The van der Waals surface area contributed by atoms with E-state index >= 15 is 0 Å². The number of aliphatic hydroxyl groups is 1. The molecule has 2 aliphatic heterocycles. The average molecular weight is 471 g/mol. The standard InChI is InChI=1S/C24H27ClN4O2S/c25-17-6-4-15(5-7-17)19-12-18-11-16(19)13-29(18)23-26-20-3-1-10-32(31)21(20)22(27-23)28-24(14-30)8-2-9-24/h4-7,12,16,18,30H,1-3,8-11,13-14H2,(H,26,27,28)/t16?,18?,32-/m0/s1. The lowest BCUT2D eigenvalue weighted by Gasteiger charge is -2.42. The Balaban J connectivity index is 1.34. The van der Waals surface area contributed by atoms with Gasteiger partial charge in [0.2, 0.25) is 5.95 Å². The van der Waals surface area contributed by atoms with Gasteiger partial charge in [0.25, 0.3) is 0 Å². The zero-order valence-electron chi connectivity index (χ0n) is 17.9. The molecule has 6 rings (SSSR count). The highest BCUT2D eigenvalue weighted by Crippen LogP contribution is 2.45. The van der Waals surface area contributed by atoms with Crippen molar-refractivity contribution >= 4 is 39.7 Å². The summed E-state index contributed by atoms with van der Waals surface area (Å²) in [5.41, 5.74) is 3.18. The summed E-state index contributed by atoms with van der Waals surface area (Å²) < 4.78 is 12.9. The number of hydrogen-bond acceptors (Lipinski definition) is 6. The van der Waals surface area contributed by atoms with E-state index in [0.29, 0.717) is 17.5 Å². The van der Waals surface area contributed by atoms with E-state index in [0.717, 1.165) is 66.6 Å². The topological polar surface area (TPSA) is 78.4 Å². The van der Waals surface area contributed by atoms with Crippen molar-refractivity contribution in [3.8, 4) is 0 Å². The molecule has 3 heterocycles. The summed E-state index contributed by atoms with van der Waals surface area (Å²) in [6, 6.07) is 8.35. The minimum absolute atomic E-state index is 0.0648. The third kappa shape index (κ3) is 3.37. The van der Waals surface area contributed by atoms with Crippen LogP contribution in [0.1, 0.15) is 43.4 Å². The molecule has 2 fully saturated rings. The Labute approximate surface area is 195 Å². The molecule has 1 saturated heterocycles. The van der Waals surface area contributed by atoms with Crippen LogP contribution in [0, 0.1) is 5.92 Å². The molecule has 8 heteroatoms. The second-order valence-electron chi connectivity index (χ2n) is 9.50. The number of aryl methyl sites for hydroxylation is 1. The predicted molar refractivity (Wildman–Crippen MR) is 128 cm³/mol. The zero-order chi connectivity index (χ0) is 21.9. The molecule has 2 aliphatic carbocycles. The fourth-order valence-electron chi connectivity index (χ4n) is 5.55. The molecule has 32 heavy (non-hydrogen) atoms. The van der Waals surface area contributed by atoms with Crippen LogP contribution in [-0.2, 0) is 17.2 Å². The van der Waals surface area contributed by atoms with Crippen LogP contribution in [0.15, 0.2) is 35.2 Å². The van der Waals surface area contributed by atoms with Gasteiger partial charge in [0.15, 0.2) is 0 Å². The third-order valence-electron chi connectivity index (χ3n) is 7.48. The normalized spacial score (nSPS) is 27.6. The van der Waals surface area contributed by atoms with Gasteiger partial charge in [-0.25, -0.2) is 4.98 Å². The molecule has 1 saturated carbocycles. The fourth-order valence-corrected chi connectivity index (χ4v) is 7.01. The first-order valence-electron chi connectivity index (χ1n) is 11.5. The zero-order valence-corrected chi connectivity index (χ0v) is 19.5. The molecule has 4 aliphatic rings. The van der Waals surface area contributed by atoms with E-state index in [1.54, 1.807) is 0 Å². The average Bonchev–Trinajstić information content (AvgIpc) is 3.38. The van der Waals surface area contributed by atoms with Gasteiger partial charge in [0.05, 0.1) is 34.7 Å². The van der Waals surface area contributed by atoms with Crippen molar-refractivity contribution in [2.75, 3.05) is 29.1 Å². The summed E-state index contributed by atoms with van der Waals surface area (Å²) in [7, 11) is -1.10. The first-order valence-corrected chi connectivity index (χ1v) is 13.2. The van der Waals surface area contributed by atoms with E-state index in [1.165, 1.54) is 11.1 Å². The number of anilines is 2. The molecule has 0 amide bonds. The van der Waals surface area contributed by atoms with Crippen molar-refractivity contribution in [2.24, 2.45) is 5.92 Å². The molecule has 2 bridgehead atoms. The number of nitrogens with zero attached hydrogens (tertiary/aromatic N) is 3. The van der Waals surface area contributed by atoms with Crippen LogP contribution in [0.5, 0.6) is 0 Å².